The maximum absolute atomic E-state index is 11.5. The van der Waals surface area contributed by atoms with Gasteiger partial charge in [0, 0.05) is 24.0 Å². The van der Waals surface area contributed by atoms with Gasteiger partial charge in [-0.25, -0.2) is 0 Å². The molecule has 1 N–H and O–H groups in total. The monoisotopic (exact) mass is 220 g/mol. The van der Waals surface area contributed by atoms with Gasteiger partial charge in [-0.2, -0.15) is 0 Å². The molecule has 0 saturated carbocycles. The number of allylic oxidation sites excluding steroid dienone is 1. The average molecular weight is 220 g/mol. The maximum atomic E-state index is 11.5. The molecule has 0 saturated heterocycles. The number of carbonyl (C=O) groups excluding carboxylic acids is 1. The smallest absolute Gasteiger partial charge is 0.251 e. The van der Waals surface area contributed by atoms with E-state index >= 15 is 0 Å². The molecule has 3 nitrogen and oxygen atoms in total. The van der Waals surface area contributed by atoms with Gasteiger partial charge in [0.15, 0.2) is 0 Å². The van der Waals surface area contributed by atoms with Crippen LogP contribution in [0.4, 0.5) is 0 Å². The van der Waals surface area contributed by atoms with Crippen LogP contribution < -0.4 is 5.32 Å². The van der Waals surface area contributed by atoms with E-state index in [9.17, 15) is 4.79 Å². The predicted molar refractivity (Wildman–Crippen MR) is 67.5 cm³/mol. The third-order valence-electron chi connectivity index (χ3n) is 1.78. The van der Waals surface area contributed by atoms with E-state index in [4.69, 9.17) is 0 Å². The predicted octanol–water partition coefficient (Wildman–Crippen LogP) is 2.72. The standard InChI is InChI=1S/C11H14N2O.C2H6/c1-3-4-6-13-11(14)10-5-7-12-9(2)8-10;1-2/h3-5,7-8H,6H2,1-2H3,(H,13,14);1-2H3/b4-3+;. The Hall–Kier alpha value is -1.64. The Bertz CT molecular complexity index is 346. The van der Waals surface area contributed by atoms with Crippen molar-refractivity contribution in [3.63, 3.8) is 0 Å². The Morgan fingerprint density at radius 3 is 2.75 bits per heavy atom. The highest BCUT2D eigenvalue weighted by molar-refractivity contribution is 5.94. The number of rotatable bonds is 3. The third-order valence-corrected chi connectivity index (χ3v) is 1.78. The number of aromatic nitrogens is 1. The van der Waals surface area contributed by atoms with E-state index in [0.717, 1.165) is 5.69 Å². The molecule has 0 unspecified atom stereocenters. The molecule has 16 heavy (non-hydrogen) atoms. The van der Waals surface area contributed by atoms with Crippen LogP contribution in [0.3, 0.4) is 0 Å². The van der Waals surface area contributed by atoms with E-state index in [1.54, 1.807) is 18.3 Å². The first kappa shape index (κ1) is 14.4. The number of hydrogen-bond acceptors (Lipinski definition) is 2. The second kappa shape index (κ2) is 8.65. The van der Waals surface area contributed by atoms with E-state index in [2.05, 4.69) is 10.3 Å². The Balaban J connectivity index is 0.00000106. The first-order valence-electron chi connectivity index (χ1n) is 5.56. The third kappa shape index (κ3) is 5.29. The summed E-state index contributed by atoms with van der Waals surface area (Å²) in [7, 11) is 0. The van der Waals surface area contributed by atoms with Crippen LogP contribution >= 0.6 is 0 Å². The second-order valence-electron chi connectivity index (χ2n) is 2.96. The zero-order valence-corrected chi connectivity index (χ0v) is 10.4. The zero-order valence-electron chi connectivity index (χ0n) is 10.4. The molecule has 0 atom stereocenters. The molecule has 0 spiro atoms. The molecule has 1 amide bonds. The molecule has 1 aromatic rings. The molecule has 3 heteroatoms. The van der Waals surface area contributed by atoms with Gasteiger partial charge >= 0.3 is 0 Å². The fraction of sp³-hybridized carbons (Fsp3) is 0.385. The molecule has 0 aliphatic carbocycles. The largest absolute Gasteiger partial charge is 0.349 e. The van der Waals surface area contributed by atoms with E-state index in [0.29, 0.717) is 12.1 Å². The SMILES string of the molecule is C/C=C/CNC(=O)c1ccnc(C)c1.CC. The van der Waals surface area contributed by atoms with Crippen LogP contribution in [-0.4, -0.2) is 17.4 Å². The summed E-state index contributed by atoms with van der Waals surface area (Å²) >= 11 is 0. The second-order valence-corrected chi connectivity index (χ2v) is 2.96. The van der Waals surface area contributed by atoms with Crippen molar-refractivity contribution in [2.45, 2.75) is 27.7 Å². The summed E-state index contributed by atoms with van der Waals surface area (Å²) < 4.78 is 0. The molecule has 1 aromatic heterocycles. The molecule has 0 aliphatic rings. The van der Waals surface area contributed by atoms with E-state index in [1.165, 1.54) is 0 Å². The summed E-state index contributed by atoms with van der Waals surface area (Å²) in [5.41, 5.74) is 1.51. The molecular weight excluding hydrogens is 200 g/mol. The maximum Gasteiger partial charge on any atom is 0.251 e. The van der Waals surface area contributed by atoms with E-state index < -0.39 is 0 Å². The van der Waals surface area contributed by atoms with Crippen molar-refractivity contribution in [2.75, 3.05) is 6.54 Å². The van der Waals surface area contributed by atoms with Gasteiger partial charge < -0.3 is 5.32 Å². The Kier molecular flexibility index (Phi) is 7.76. The summed E-state index contributed by atoms with van der Waals surface area (Å²) in [4.78, 5) is 15.5. The molecule has 0 radical (unpaired) electrons. The Labute approximate surface area is 97.6 Å². The zero-order chi connectivity index (χ0) is 12.4. The number of amides is 1. The van der Waals surface area contributed by atoms with Crippen LogP contribution in [0.5, 0.6) is 0 Å². The minimum atomic E-state index is -0.0615. The quantitative estimate of drug-likeness (QED) is 0.796. The molecule has 0 aliphatic heterocycles. The van der Waals surface area contributed by atoms with Gasteiger partial charge in [0.25, 0.3) is 5.91 Å². The molecule has 0 fully saturated rings. The Morgan fingerprint density at radius 2 is 2.19 bits per heavy atom. The highest BCUT2D eigenvalue weighted by Crippen LogP contribution is 1.99. The van der Waals surface area contributed by atoms with Crippen LogP contribution in [0.1, 0.15) is 36.8 Å². The van der Waals surface area contributed by atoms with Crippen molar-refractivity contribution in [3.8, 4) is 0 Å². The number of nitrogens with zero attached hydrogens (tertiary/aromatic N) is 1. The number of nitrogens with one attached hydrogen (secondary N) is 1. The summed E-state index contributed by atoms with van der Waals surface area (Å²) in [5, 5.41) is 2.77. The number of aryl methyl sites for hydroxylation is 1. The van der Waals surface area contributed by atoms with Gasteiger partial charge in [-0.3, -0.25) is 9.78 Å². The molecule has 0 bridgehead atoms. The summed E-state index contributed by atoms with van der Waals surface area (Å²) in [5.74, 6) is -0.0615. The fourth-order valence-corrected chi connectivity index (χ4v) is 1.06. The number of hydrogen-bond donors (Lipinski definition) is 1. The summed E-state index contributed by atoms with van der Waals surface area (Å²) in [6.45, 7) is 8.35. The summed E-state index contributed by atoms with van der Waals surface area (Å²) in [6.07, 6.45) is 5.43. The van der Waals surface area contributed by atoms with Crippen molar-refractivity contribution < 1.29 is 4.79 Å². The lowest BCUT2D eigenvalue weighted by molar-refractivity contribution is 0.0958. The number of pyridine rings is 1. The van der Waals surface area contributed by atoms with Crippen LogP contribution in [0, 0.1) is 6.92 Å². The fourth-order valence-electron chi connectivity index (χ4n) is 1.06. The van der Waals surface area contributed by atoms with E-state index in [-0.39, 0.29) is 5.91 Å². The summed E-state index contributed by atoms with van der Waals surface area (Å²) in [6, 6.07) is 3.48. The number of carbonyl (C=O) groups is 1. The van der Waals surface area contributed by atoms with Crippen molar-refractivity contribution in [3.05, 3.63) is 41.7 Å². The minimum absolute atomic E-state index is 0.0615. The molecule has 1 heterocycles. The van der Waals surface area contributed by atoms with Crippen LogP contribution in [0.25, 0.3) is 0 Å². The topological polar surface area (TPSA) is 42.0 Å². The molecule has 1 rings (SSSR count). The van der Waals surface area contributed by atoms with Crippen LogP contribution in [0.2, 0.25) is 0 Å². The lowest BCUT2D eigenvalue weighted by Gasteiger charge is -2.02. The van der Waals surface area contributed by atoms with Crippen molar-refractivity contribution >= 4 is 5.91 Å². The first-order chi connectivity index (χ1) is 7.74. The van der Waals surface area contributed by atoms with Gasteiger partial charge in [-0.05, 0) is 26.0 Å². The van der Waals surface area contributed by atoms with Gasteiger partial charge in [0.1, 0.15) is 0 Å². The van der Waals surface area contributed by atoms with Crippen LogP contribution in [-0.2, 0) is 0 Å². The van der Waals surface area contributed by atoms with Crippen molar-refractivity contribution in [1.29, 1.82) is 0 Å². The van der Waals surface area contributed by atoms with Gasteiger partial charge in [-0.15, -0.1) is 0 Å². The normalized spacial score (nSPS) is 9.50. The van der Waals surface area contributed by atoms with Crippen molar-refractivity contribution in [2.24, 2.45) is 0 Å². The highest BCUT2D eigenvalue weighted by atomic mass is 16.1. The van der Waals surface area contributed by atoms with Gasteiger partial charge in [0.05, 0.1) is 0 Å². The van der Waals surface area contributed by atoms with Gasteiger partial charge in [0.2, 0.25) is 0 Å². The molecule has 88 valence electrons. The van der Waals surface area contributed by atoms with E-state index in [1.807, 2.05) is 39.8 Å². The Morgan fingerprint density at radius 1 is 1.50 bits per heavy atom. The first-order valence-corrected chi connectivity index (χ1v) is 5.56. The molecule has 0 aromatic carbocycles. The highest BCUT2D eigenvalue weighted by Gasteiger charge is 2.03. The van der Waals surface area contributed by atoms with Crippen molar-refractivity contribution in [1.82, 2.24) is 10.3 Å². The molecular formula is C13H20N2O. The minimum Gasteiger partial charge on any atom is -0.349 e. The lowest BCUT2D eigenvalue weighted by Crippen LogP contribution is -2.23. The lowest BCUT2D eigenvalue weighted by atomic mass is 10.2. The average Bonchev–Trinajstić information content (AvgIpc) is 2.32. The van der Waals surface area contributed by atoms with Gasteiger partial charge in [-0.1, -0.05) is 26.0 Å². The van der Waals surface area contributed by atoms with Crippen LogP contribution in [0.15, 0.2) is 30.5 Å².